The van der Waals surface area contributed by atoms with E-state index in [0.29, 0.717) is 0 Å². The highest BCUT2D eigenvalue weighted by atomic mass is 35.5. The van der Waals surface area contributed by atoms with Crippen molar-refractivity contribution >= 4 is 11.3 Å². The van der Waals surface area contributed by atoms with Gasteiger partial charge in [0.25, 0.3) is 6.33 Å². The highest BCUT2D eigenvalue weighted by molar-refractivity contribution is 5.54. The van der Waals surface area contributed by atoms with Crippen molar-refractivity contribution in [3.8, 4) is 5.69 Å². The Balaban J connectivity index is 0.00000208. The van der Waals surface area contributed by atoms with Crippen LogP contribution >= 0.6 is 0 Å². The largest absolute Gasteiger partial charge is 1.00 e. The number of aryl methyl sites for hydroxylation is 3. The molecule has 0 fully saturated rings. The molecule has 0 saturated carbocycles. The Morgan fingerprint density at radius 3 is 2.21 bits per heavy atom. The molecule has 0 spiro atoms. The van der Waals surface area contributed by atoms with Gasteiger partial charge in [-0.2, -0.15) is 4.40 Å². The molecule has 2 aromatic heterocycles. The van der Waals surface area contributed by atoms with E-state index in [9.17, 15) is 0 Å². The third kappa shape index (κ3) is 3.13. The van der Waals surface area contributed by atoms with Crippen LogP contribution in [0.3, 0.4) is 0 Å². The number of rotatable bonds is 4. The van der Waals surface area contributed by atoms with Crippen LogP contribution in [0.15, 0.2) is 42.9 Å². The second-order valence-electron chi connectivity index (χ2n) is 6.25. The molecule has 0 aliphatic rings. The van der Waals surface area contributed by atoms with E-state index in [4.69, 9.17) is 0 Å². The minimum Gasteiger partial charge on any atom is -1.00 e. The van der Waals surface area contributed by atoms with Gasteiger partial charge in [-0.15, -0.1) is 0 Å². The monoisotopic (exact) mass is 343 g/mol. The number of nitrogens with zero attached hydrogens (tertiary/aromatic N) is 3. The number of halogens is 1. The van der Waals surface area contributed by atoms with Crippen molar-refractivity contribution in [3.05, 3.63) is 59.5 Å². The molecule has 0 aliphatic carbocycles. The average molecular weight is 344 g/mol. The molecule has 3 aromatic rings. The molecule has 0 saturated heterocycles. The average Bonchev–Trinajstić information content (AvgIpc) is 2.91. The Bertz CT molecular complexity index is 824. The molecule has 0 N–H and O–H groups in total. The SMILES string of the molecule is CCN(CC)c1cccc2c[n+](-c3c(C)cc(C)cc3C)cn12.[Cl-]. The van der Waals surface area contributed by atoms with Crippen LogP contribution in [0.5, 0.6) is 0 Å². The maximum Gasteiger partial charge on any atom is 0.255 e. The van der Waals surface area contributed by atoms with Crippen LogP contribution in [0.2, 0.25) is 0 Å². The molecule has 24 heavy (non-hydrogen) atoms. The van der Waals surface area contributed by atoms with Gasteiger partial charge in [-0.1, -0.05) is 23.8 Å². The van der Waals surface area contributed by atoms with E-state index in [1.54, 1.807) is 0 Å². The van der Waals surface area contributed by atoms with Crippen molar-refractivity contribution < 1.29 is 17.0 Å². The van der Waals surface area contributed by atoms with Crippen molar-refractivity contribution in [1.29, 1.82) is 0 Å². The van der Waals surface area contributed by atoms with Crippen LogP contribution in [-0.2, 0) is 0 Å². The van der Waals surface area contributed by atoms with Crippen LogP contribution in [0.1, 0.15) is 30.5 Å². The van der Waals surface area contributed by atoms with Gasteiger partial charge in [0, 0.05) is 19.2 Å². The molecule has 1 aromatic carbocycles. The van der Waals surface area contributed by atoms with Gasteiger partial charge in [0.05, 0.1) is 0 Å². The lowest BCUT2D eigenvalue weighted by Gasteiger charge is -2.18. The van der Waals surface area contributed by atoms with Gasteiger partial charge in [-0.25, -0.2) is 4.57 Å². The summed E-state index contributed by atoms with van der Waals surface area (Å²) in [5, 5.41) is 0. The third-order valence-corrected chi connectivity index (χ3v) is 4.53. The van der Waals surface area contributed by atoms with Crippen molar-refractivity contribution in [2.75, 3.05) is 18.0 Å². The highest BCUT2D eigenvalue weighted by Crippen LogP contribution is 2.20. The fourth-order valence-electron chi connectivity index (χ4n) is 3.56. The van der Waals surface area contributed by atoms with E-state index in [0.717, 1.165) is 13.1 Å². The van der Waals surface area contributed by atoms with Crippen LogP contribution in [0, 0.1) is 20.8 Å². The summed E-state index contributed by atoms with van der Waals surface area (Å²) in [5.74, 6) is 1.24. The Kier molecular flexibility index (Phi) is 5.55. The van der Waals surface area contributed by atoms with Crippen LogP contribution < -0.4 is 21.9 Å². The maximum atomic E-state index is 2.38. The molecule has 3 nitrogen and oxygen atoms in total. The first kappa shape index (κ1) is 18.3. The third-order valence-electron chi connectivity index (χ3n) is 4.53. The molecule has 128 valence electrons. The molecule has 0 bridgehead atoms. The number of hydrogen-bond donors (Lipinski definition) is 0. The van der Waals surface area contributed by atoms with Gasteiger partial charge in [0.1, 0.15) is 11.9 Å². The fraction of sp³-hybridized carbons (Fsp3) is 0.350. The number of anilines is 1. The molecule has 4 heteroatoms. The summed E-state index contributed by atoms with van der Waals surface area (Å²) in [5.41, 5.74) is 6.44. The van der Waals surface area contributed by atoms with Gasteiger partial charge in [-0.05, 0) is 51.8 Å². The van der Waals surface area contributed by atoms with Gasteiger partial charge >= 0.3 is 0 Å². The van der Waals surface area contributed by atoms with E-state index in [-0.39, 0.29) is 12.4 Å². The molecule has 2 heterocycles. The second-order valence-corrected chi connectivity index (χ2v) is 6.25. The molecular formula is C20H26ClN3. The second kappa shape index (κ2) is 7.27. The van der Waals surface area contributed by atoms with E-state index < -0.39 is 0 Å². The van der Waals surface area contributed by atoms with Crippen molar-refractivity contribution in [3.63, 3.8) is 0 Å². The predicted molar refractivity (Wildman–Crippen MR) is 96.7 cm³/mol. The zero-order valence-corrected chi connectivity index (χ0v) is 15.9. The number of benzene rings is 1. The summed E-state index contributed by atoms with van der Waals surface area (Å²) >= 11 is 0. The van der Waals surface area contributed by atoms with E-state index in [1.165, 1.54) is 33.7 Å². The minimum absolute atomic E-state index is 0. The maximum absolute atomic E-state index is 2.38. The molecular weight excluding hydrogens is 318 g/mol. The predicted octanol–water partition coefficient (Wildman–Crippen LogP) is 0.991. The summed E-state index contributed by atoms with van der Waals surface area (Å²) in [7, 11) is 0. The zero-order valence-electron chi connectivity index (χ0n) is 15.2. The fourth-order valence-corrected chi connectivity index (χ4v) is 3.56. The van der Waals surface area contributed by atoms with Gasteiger partial charge in [0.15, 0.2) is 5.52 Å². The summed E-state index contributed by atoms with van der Waals surface area (Å²) in [4.78, 5) is 2.38. The normalized spacial score (nSPS) is 10.7. The zero-order chi connectivity index (χ0) is 16.6. The lowest BCUT2D eigenvalue weighted by Crippen LogP contribution is -3.00. The Labute approximate surface area is 151 Å². The van der Waals surface area contributed by atoms with E-state index >= 15 is 0 Å². The lowest BCUT2D eigenvalue weighted by atomic mass is 10.1. The Morgan fingerprint density at radius 2 is 1.62 bits per heavy atom. The molecule has 0 amide bonds. The van der Waals surface area contributed by atoms with Crippen LogP contribution in [-0.4, -0.2) is 17.5 Å². The van der Waals surface area contributed by atoms with Crippen LogP contribution in [0.25, 0.3) is 11.2 Å². The first-order valence-corrected chi connectivity index (χ1v) is 8.40. The number of hydrogen-bond acceptors (Lipinski definition) is 1. The number of fused-ring (bicyclic) bond motifs is 1. The quantitative estimate of drug-likeness (QED) is 0.643. The molecule has 3 rings (SSSR count). The van der Waals surface area contributed by atoms with Crippen molar-refractivity contribution in [2.24, 2.45) is 0 Å². The number of pyridine rings is 1. The molecule has 0 atom stereocenters. The van der Waals surface area contributed by atoms with E-state index in [2.05, 4.69) is 91.3 Å². The van der Waals surface area contributed by atoms with Crippen LogP contribution in [0.4, 0.5) is 5.82 Å². The summed E-state index contributed by atoms with van der Waals surface area (Å²) in [6.45, 7) is 13.0. The first-order valence-electron chi connectivity index (χ1n) is 8.40. The Morgan fingerprint density at radius 1 is 1.00 bits per heavy atom. The summed E-state index contributed by atoms with van der Waals surface area (Å²) in [6, 6.07) is 11.0. The van der Waals surface area contributed by atoms with Gasteiger partial charge < -0.3 is 17.3 Å². The minimum atomic E-state index is 0. The van der Waals surface area contributed by atoms with E-state index in [1.807, 2.05) is 0 Å². The highest BCUT2D eigenvalue weighted by Gasteiger charge is 2.18. The molecule has 0 unspecified atom stereocenters. The lowest BCUT2D eigenvalue weighted by molar-refractivity contribution is -0.594. The molecule has 0 aliphatic heterocycles. The standard InChI is InChI=1S/C20H26N3.ClH/c1-6-21(7-2)19-10-8-9-18-13-22(14-23(18)19)20-16(4)11-15(3)12-17(20)5;/h8-14H,6-7H2,1-5H3;1H/q+1;/p-1. The van der Waals surface area contributed by atoms with Gasteiger partial charge in [0.2, 0.25) is 5.82 Å². The number of imidazole rings is 1. The van der Waals surface area contributed by atoms with Gasteiger partial charge in [-0.3, -0.25) is 0 Å². The smallest absolute Gasteiger partial charge is 0.255 e. The molecule has 0 radical (unpaired) electrons. The number of aromatic nitrogens is 2. The summed E-state index contributed by atoms with van der Waals surface area (Å²) in [6.07, 6.45) is 4.42. The summed E-state index contributed by atoms with van der Waals surface area (Å²) < 4.78 is 4.54. The first-order chi connectivity index (χ1) is 11.0. The van der Waals surface area contributed by atoms with Crippen molar-refractivity contribution in [1.82, 2.24) is 4.40 Å². The van der Waals surface area contributed by atoms with Crippen molar-refractivity contribution in [2.45, 2.75) is 34.6 Å². The topological polar surface area (TPSA) is 11.5 Å². The Hall–Kier alpha value is -2.00.